The van der Waals surface area contributed by atoms with E-state index in [0.717, 1.165) is 18.6 Å². The molecule has 1 aliphatic rings. The Morgan fingerprint density at radius 3 is 3.00 bits per heavy atom. The van der Waals surface area contributed by atoms with Crippen LogP contribution < -0.4 is 10.5 Å². The first-order valence-corrected chi connectivity index (χ1v) is 4.91. The van der Waals surface area contributed by atoms with Gasteiger partial charge in [0.2, 0.25) is 0 Å². The van der Waals surface area contributed by atoms with E-state index in [1.807, 2.05) is 6.07 Å². The van der Waals surface area contributed by atoms with E-state index >= 15 is 0 Å². The van der Waals surface area contributed by atoms with Gasteiger partial charge in [0, 0.05) is 6.54 Å². The Morgan fingerprint density at radius 1 is 1.43 bits per heavy atom. The highest BCUT2D eigenvalue weighted by Gasteiger charge is 2.11. The summed E-state index contributed by atoms with van der Waals surface area (Å²) in [7, 11) is 1.70. The van der Waals surface area contributed by atoms with Crippen LogP contribution in [0.2, 0.25) is 0 Å². The van der Waals surface area contributed by atoms with Gasteiger partial charge in [0.05, 0.1) is 7.11 Å². The summed E-state index contributed by atoms with van der Waals surface area (Å²) in [5.74, 6) is 0.932. The summed E-state index contributed by atoms with van der Waals surface area (Å²) in [5.41, 5.74) is 9.59. The topological polar surface area (TPSA) is 35.2 Å². The first-order valence-electron chi connectivity index (χ1n) is 4.91. The molecule has 74 valence electrons. The number of hydrogen-bond donors (Lipinski definition) is 1. The van der Waals surface area contributed by atoms with Crippen LogP contribution >= 0.6 is 0 Å². The van der Waals surface area contributed by atoms with Gasteiger partial charge in [0.1, 0.15) is 5.75 Å². The molecule has 0 aliphatic heterocycles. The van der Waals surface area contributed by atoms with Crippen LogP contribution in [0.25, 0.3) is 5.57 Å². The van der Waals surface area contributed by atoms with Crippen LogP contribution in [0.4, 0.5) is 0 Å². The summed E-state index contributed by atoms with van der Waals surface area (Å²) >= 11 is 0. The molecule has 1 aromatic rings. The molecule has 0 heterocycles. The maximum absolute atomic E-state index is 5.69. The van der Waals surface area contributed by atoms with E-state index < -0.39 is 0 Å². The van der Waals surface area contributed by atoms with Crippen LogP contribution in [0.1, 0.15) is 17.5 Å². The van der Waals surface area contributed by atoms with Crippen molar-refractivity contribution in [2.45, 2.75) is 12.8 Å². The second-order valence-corrected chi connectivity index (χ2v) is 3.50. The molecule has 2 rings (SSSR count). The van der Waals surface area contributed by atoms with Gasteiger partial charge in [-0.25, -0.2) is 0 Å². The van der Waals surface area contributed by atoms with Crippen molar-refractivity contribution in [2.75, 3.05) is 13.7 Å². The number of hydrogen-bond acceptors (Lipinski definition) is 2. The summed E-state index contributed by atoms with van der Waals surface area (Å²) in [6.45, 7) is 0.624. The lowest BCUT2D eigenvalue weighted by molar-refractivity contribution is 0.414. The normalized spacial score (nSPS) is 14.6. The average Bonchev–Trinajstić information content (AvgIpc) is 2.27. The van der Waals surface area contributed by atoms with Crippen LogP contribution in [0.5, 0.6) is 5.75 Å². The van der Waals surface area contributed by atoms with Gasteiger partial charge in [-0.1, -0.05) is 12.1 Å². The zero-order valence-corrected chi connectivity index (χ0v) is 8.42. The molecule has 0 saturated heterocycles. The smallest absolute Gasteiger partial charge is 0.119 e. The maximum atomic E-state index is 5.69. The number of methoxy groups -OCH3 is 1. The van der Waals surface area contributed by atoms with Gasteiger partial charge in [-0.2, -0.15) is 0 Å². The monoisotopic (exact) mass is 189 g/mol. The molecule has 14 heavy (non-hydrogen) atoms. The highest BCUT2D eigenvalue weighted by atomic mass is 16.5. The predicted molar refractivity (Wildman–Crippen MR) is 58.3 cm³/mol. The van der Waals surface area contributed by atoms with Crippen molar-refractivity contribution in [3.8, 4) is 5.75 Å². The van der Waals surface area contributed by atoms with E-state index in [1.54, 1.807) is 7.11 Å². The standard InChI is InChI=1S/C12H15NO/c1-14-11-5-6-12-9(7-11)3-2-4-10(12)8-13/h4-7H,2-3,8,13H2,1H3. The molecule has 2 heteroatoms. The molecule has 0 atom stereocenters. The predicted octanol–water partition coefficient (Wildman–Crippen LogP) is 1.98. The van der Waals surface area contributed by atoms with E-state index in [1.165, 1.54) is 16.7 Å². The lowest BCUT2D eigenvalue weighted by Gasteiger charge is -2.17. The van der Waals surface area contributed by atoms with E-state index in [9.17, 15) is 0 Å². The van der Waals surface area contributed by atoms with Crippen LogP contribution in [-0.4, -0.2) is 13.7 Å². The van der Waals surface area contributed by atoms with Gasteiger partial charge < -0.3 is 10.5 Å². The molecule has 2 N–H and O–H groups in total. The fraction of sp³-hybridized carbons (Fsp3) is 0.333. The third-order valence-electron chi connectivity index (χ3n) is 2.68. The van der Waals surface area contributed by atoms with Crippen molar-refractivity contribution < 1.29 is 4.74 Å². The minimum Gasteiger partial charge on any atom is -0.497 e. The van der Waals surface area contributed by atoms with Crippen LogP contribution in [0.15, 0.2) is 24.3 Å². The summed E-state index contributed by atoms with van der Waals surface area (Å²) in [5, 5.41) is 0. The van der Waals surface area contributed by atoms with Crippen molar-refractivity contribution in [2.24, 2.45) is 5.73 Å². The zero-order valence-electron chi connectivity index (χ0n) is 8.42. The minimum absolute atomic E-state index is 0.624. The molecule has 0 unspecified atom stereocenters. The van der Waals surface area contributed by atoms with E-state index in [0.29, 0.717) is 6.54 Å². The highest BCUT2D eigenvalue weighted by Crippen LogP contribution is 2.28. The molecular weight excluding hydrogens is 174 g/mol. The summed E-state index contributed by atoms with van der Waals surface area (Å²) < 4.78 is 5.20. The van der Waals surface area contributed by atoms with E-state index in [-0.39, 0.29) is 0 Å². The molecule has 1 aromatic carbocycles. The van der Waals surface area contributed by atoms with E-state index in [2.05, 4.69) is 18.2 Å². The molecule has 0 aromatic heterocycles. The Balaban J connectivity index is 2.43. The Bertz CT molecular complexity index is 369. The van der Waals surface area contributed by atoms with E-state index in [4.69, 9.17) is 10.5 Å². The first kappa shape index (κ1) is 9.28. The Kier molecular flexibility index (Phi) is 2.55. The maximum Gasteiger partial charge on any atom is 0.119 e. The van der Waals surface area contributed by atoms with Crippen molar-refractivity contribution in [3.05, 3.63) is 35.4 Å². The fourth-order valence-corrected chi connectivity index (χ4v) is 1.92. The molecule has 0 spiro atoms. The molecule has 0 amide bonds. The molecule has 0 radical (unpaired) electrons. The molecular formula is C12H15NO. The minimum atomic E-state index is 0.624. The number of nitrogens with two attached hydrogens (primary N) is 1. The quantitative estimate of drug-likeness (QED) is 0.772. The second kappa shape index (κ2) is 3.84. The number of allylic oxidation sites excluding steroid dienone is 1. The number of fused-ring (bicyclic) bond motifs is 1. The summed E-state index contributed by atoms with van der Waals surface area (Å²) in [4.78, 5) is 0. The number of rotatable bonds is 2. The molecule has 2 nitrogen and oxygen atoms in total. The molecule has 1 aliphatic carbocycles. The fourth-order valence-electron chi connectivity index (χ4n) is 1.92. The van der Waals surface area contributed by atoms with Crippen LogP contribution in [0.3, 0.4) is 0 Å². The number of ether oxygens (including phenoxy) is 1. The summed E-state index contributed by atoms with van der Waals surface area (Å²) in [6, 6.07) is 6.21. The molecule has 0 fully saturated rings. The van der Waals surface area contributed by atoms with Crippen molar-refractivity contribution in [1.82, 2.24) is 0 Å². The van der Waals surface area contributed by atoms with Gasteiger partial charge >= 0.3 is 0 Å². The lowest BCUT2D eigenvalue weighted by Crippen LogP contribution is -2.08. The Labute approximate surface area is 84.4 Å². The van der Waals surface area contributed by atoms with Gasteiger partial charge in [-0.05, 0) is 41.7 Å². The van der Waals surface area contributed by atoms with Gasteiger partial charge in [-0.3, -0.25) is 0 Å². The Hall–Kier alpha value is -1.28. The second-order valence-electron chi connectivity index (χ2n) is 3.50. The highest BCUT2D eigenvalue weighted by molar-refractivity contribution is 5.71. The summed E-state index contributed by atoms with van der Waals surface area (Å²) in [6.07, 6.45) is 4.41. The largest absolute Gasteiger partial charge is 0.497 e. The average molecular weight is 189 g/mol. The third kappa shape index (κ3) is 1.53. The van der Waals surface area contributed by atoms with Gasteiger partial charge in [0.25, 0.3) is 0 Å². The van der Waals surface area contributed by atoms with Gasteiger partial charge in [-0.15, -0.1) is 0 Å². The van der Waals surface area contributed by atoms with Crippen molar-refractivity contribution in [1.29, 1.82) is 0 Å². The number of benzene rings is 1. The van der Waals surface area contributed by atoms with Crippen LogP contribution in [-0.2, 0) is 6.42 Å². The van der Waals surface area contributed by atoms with Crippen molar-refractivity contribution in [3.63, 3.8) is 0 Å². The number of aryl methyl sites for hydroxylation is 1. The first-order chi connectivity index (χ1) is 6.85. The SMILES string of the molecule is COc1ccc2c(c1)CCC=C2CN. The van der Waals surface area contributed by atoms with Crippen molar-refractivity contribution >= 4 is 5.57 Å². The lowest BCUT2D eigenvalue weighted by atomic mass is 9.91. The zero-order chi connectivity index (χ0) is 9.97. The molecule has 0 saturated carbocycles. The van der Waals surface area contributed by atoms with Crippen LogP contribution in [0, 0.1) is 0 Å². The Morgan fingerprint density at radius 2 is 2.29 bits per heavy atom. The molecule has 0 bridgehead atoms. The van der Waals surface area contributed by atoms with Gasteiger partial charge in [0.15, 0.2) is 0 Å². The third-order valence-corrected chi connectivity index (χ3v) is 2.68.